The molecule has 150 valence electrons. The van der Waals surface area contributed by atoms with Crippen molar-refractivity contribution in [3.63, 3.8) is 0 Å². The molecule has 2 unspecified atom stereocenters. The molecule has 0 amide bonds. The van der Waals surface area contributed by atoms with E-state index in [1.165, 1.54) is 70.6 Å². The van der Waals surface area contributed by atoms with Crippen molar-refractivity contribution in [2.75, 3.05) is 19.8 Å². The fourth-order valence-electron chi connectivity index (χ4n) is 4.01. The summed E-state index contributed by atoms with van der Waals surface area (Å²) in [5, 5.41) is 0. The van der Waals surface area contributed by atoms with Gasteiger partial charge in [-0.1, -0.05) is 65.2 Å². The molecule has 0 N–H and O–H groups in total. The van der Waals surface area contributed by atoms with Crippen molar-refractivity contribution < 1.29 is 14.2 Å². The predicted octanol–water partition coefficient (Wildman–Crippen LogP) is 6.49. The number of ether oxygens (including phenoxy) is 3. The van der Waals surface area contributed by atoms with Crippen LogP contribution in [0.25, 0.3) is 0 Å². The van der Waals surface area contributed by atoms with Crippen LogP contribution in [0.3, 0.4) is 0 Å². The molecule has 1 aliphatic rings. The Morgan fingerprint density at radius 3 is 1.92 bits per heavy atom. The van der Waals surface area contributed by atoms with Crippen LogP contribution in [-0.4, -0.2) is 31.7 Å². The zero-order valence-corrected chi connectivity index (χ0v) is 17.5. The summed E-state index contributed by atoms with van der Waals surface area (Å²) in [6.45, 7) is 11.1. The summed E-state index contributed by atoms with van der Waals surface area (Å²) in [7, 11) is 0. The molecule has 0 radical (unpaired) electrons. The van der Waals surface area contributed by atoms with Crippen LogP contribution in [0.2, 0.25) is 0 Å². The first-order chi connectivity index (χ1) is 12.2. The number of hydrogen-bond acceptors (Lipinski definition) is 3. The van der Waals surface area contributed by atoms with Gasteiger partial charge in [0.05, 0.1) is 12.7 Å². The molecule has 2 atom stereocenters. The second-order valence-corrected chi connectivity index (χ2v) is 7.52. The highest BCUT2D eigenvalue weighted by atomic mass is 16.7. The molecule has 0 spiro atoms. The Balaban J connectivity index is 2.49. The van der Waals surface area contributed by atoms with Gasteiger partial charge in [-0.05, 0) is 39.5 Å². The zero-order valence-electron chi connectivity index (χ0n) is 17.5. The van der Waals surface area contributed by atoms with E-state index >= 15 is 0 Å². The van der Waals surface area contributed by atoms with Crippen LogP contribution in [0, 0.1) is 5.92 Å². The zero-order chi connectivity index (χ0) is 18.4. The van der Waals surface area contributed by atoms with Gasteiger partial charge in [0.2, 0.25) is 0 Å². The highest BCUT2D eigenvalue weighted by molar-refractivity contribution is 4.80. The SMILES string of the molecule is CCCCCCCCC(CCCCC1CO1)C(CC)(OCC)OCC. The predicted molar refractivity (Wildman–Crippen MR) is 106 cm³/mol. The van der Waals surface area contributed by atoms with Gasteiger partial charge < -0.3 is 14.2 Å². The van der Waals surface area contributed by atoms with E-state index in [9.17, 15) is 0 Å². The maximum absolute atomic E-state index is 6.22. The van der Waals surface area contributed by atoms with Crippen LogP contribution in [0.15, 0.2) is 0 Å². The summed E-state index contributed by atoms with van der Waals surface area (Å²) in [4.78, 5) is 0. The Hall–Kier alpha value is -0.120. The monoisotopic (exact) mass is 356 g/mol. The van der Waals surface area contributed by atoms with E-state index in [1.54, 1.807) is 0 Å². The van der Waals surface area contributed by atoms with Crippen molar-refractivity contribution in [3.05, 3.63) is 0 Å². The van der Waals surface area contributed by atoms with Crippen molar-refractivity contribution in [1.29, 1.82) is 0 Å². The van der Waals surface area contributed by atoms with Gasteiger partial charge in [-0.2, -0.15) is 0 Å². The van der Waals surface area contributed by atoms with Gasteiger partial charge in [-0.15, -0.1) is 0 Å². The normalized spacial score (nSPS) is 18.5. The molecular formula is C22H44O3. The molecule has 0 saturated carbocycles. The third kappa shape index (κ3) is 9.40. The molecular weight excluding hydrogens is 312 g/mol. The largest absolute Gasteiger partial charge is 0.373 e. The van der Waals surface area contributed by atoms with Crippen molar-refractivity contribution in [1.82, 2.24) is 0 Å². The van der Waals surface area contributed by atoms with Gasteiger partial charge >= 0.3 is 0 Å². The van der Waals surface area contributed by atoms with Crippen LogP contribution in [-0.2, 0) is 14.2 Å². The Morgan fingerprint density at radius 2 is 1.40 bits per heavy atom. The van der Waals surface area contributed by atoms with E-state index in [2.05, 4.69) is 27.7 Å². The smallest absolute Gasteiger partial charge is 0.170 e. The lowest BCUT2D eigenvalue weighted by Crippen LogP contribution is -2.43. The lowest BCUT2D eigenvalue weighted by molar-refractivity contribution is -0.268. The highest BCUT2D eigenvalue weighted by Gasteiger charge is 2.38. The van der Waals surface area contributed by atoms with E-state index in [1.807, 2.05) is 0 Å². The summed E-state index contributed by atoms with van der Waals surface area (Å²) < 4.78 is 17.8. The lowest BCUT2D eigenvalue weighted by atomic mass is 9.85. The van der Waals surface area contributed by atoms with Gasteiger partial charge in [-0.3, -0.25) is 0 Å². The number of epoxide rings is 1. The first-order valence-corrected chi connectivity index (χ1v) is 11.1. The molecule has 1 saturated heterocycles. The van der Waals surface area contributed by atoms with Crippen LogP contribution in [0.4, 0.5) is 0 Å². The van der Waals surface area contributed by atoms with Gasteiger partial charge in [-0.25, -0.2) is 0 Å². The molecule has 1 fully saturated rings. The van der Waals surface area contributed by atoms with Crippen molar-refractivity contribution in [3.8, 4) is 0 Å². The lowest BCUT2D eigenvalue weighted by Gasteiger charge is -2.40. The molecule has 0 aromatic rings. The maximum Gasteiger partial charge on any atom is 0.170 e. The van der Waals surface area contributed by atoms with Crippen molar-refractivity contribution >= 4 is 0 Å². The Bertz CT molecular complexity index is 296. The summed E-state index contributed by atoms with van der Waals surface area (Å²) >= 11 is 0. The molecule has 3 heteroatoms. The molecule has 1 rings (SSSR count). The second kappa shape index (κ2) is 14.0. The summed E-state index contributed by atoms with van der Waals surface area (Å²) in [5.74, 6) is 0.145. The minimum absolute atomic E-state index is 0.372. The first kappa shape index (κ1) is 22.9. The van der Waals surface area contributed by atoms with Crippen LogP contribution in [0.1, 0.15) is 105 Å². The second-order valence-electron chi connectivity index (χ2n) is 7.52. The summed E-state index contributed by atoms with van der Waals surface area (Å²) in [5.41, 5.74) is 0. The third-order valence-corrected chi connectivity index (χ3v) is 5.53. The average molecular weight is 357 g/mol. The van der Waals surface area contributed by atoms with Crippen molar-refractivity contribution in [2.24, 2.45) is 5.92 Å². The fraction of sp³-hybridized carbons (Fsp3) is 1.00. The molecule has 25 heavy (non-hydrogen) atoms. The molecule has 3 nitrogen and oxygen atoms in total. The Labute approximate surface area is 157 Å². The first-order valence-electron chi connectivity index (χ1n) is 11.1. The minimum atomic E-state index is -0.372. The number of unbranched alkanes of at least 4 members (excludes halogenated alkanes) is 6. The minimum Gasteiger partial charge on any atom is -0.373 e. The Kier molecular flexibility index (Phi) is 12.8. The summed E-state index contributed by atoms with van der Waals surface area (Å²) in [6, 6.07) is 0. The van der Waals surface area contributed by atoms with Crippen LogP contribution >= 0.6 is 0 Å². The molecule has 0 aromatic carbocycles. The maximum atomic E-state index is 6.22. The standard InChI is InChI=1S/C22H44O3/c1-5-9-10-11-12-13-16-20(17-14-15-18-21-19-23-21)22(6-2,24-7-3)25-8-4/h20-21H,5-19H2,1-4H3. The quantitative estimate of drug-likeness (QED) is 0.160. The topological polar surface area (TPSA) is 31.0 Å². The molecule has 1 aliphatic heterocycles. The Morgan fingerprint density at radius 1 is 0.840 bits per heavy atom. The van der Waals surface area contributed by atoms with E-state index in [4.69, 9.17) is 14.2 Å². The highest BCUT2D eigenvalue weighted by Crippen LogP contribution is 2.36. The fourth-order valence-corrected chi connectivity index (χ4v) is 4.01. The number of rotatable bonds is 18. The molecule has 0 aromatic heterocycles. The molecule has 1 heterocycles. The van der Waals surface area contributed by atoms with Gasteiger partial charge in [0.1, 0.15) is 0 Å². The van der Waals surface area contributed by atoms with E-state index in [0.717, 1.165) is 26.2 Å². The number of hydrogen-bond donors (Lipinski definition) is 0. The average Bonchev–Trinajstić information content (AvgIpc) is 3.43. The van der Waals surface area contributed by atoms with Crippen molar-refractivity contribution in [2.45, 2.75) is 117 Å². The van der Waals surface area contributed by atoms with E-state index < -0.39 is 0 Å². The molecule has 0 aliphatic carbocycles. The van der Waals surface area contributed by atoms with Gasteiger partial charge in [0.25, 0.3) is 0 Å². The van der Waals surface area contributed by atoms with Gasteiger partial charge in [0, 0.05) is 19.1 Å². The summed E-state index contributed by atoms with van der Waals surface area (Å²) in [6.07, 6.45) is 15.9. The molecule has 0 bridgehead atoms. The van der Waals surface area contributed by atoms with Gasteiger partial charge in [0.15, 0.2) is 5.79 Å². The van der Waals surface area contributed by atoms with Crippen LogP contribution < -0.4 is 0 Å². The van der Waals surface area contributed by atoms with E-state index in [0.29, 0.717) is 12.0 Å². The van der Waals surface area contributed by atoms with Crippen LogP contribution in [0.5, 0.6) is 0 Å². The third-order valence-electron chi connectivity index (χ3n) is 5.53. The van der Waals surface area contributed by atoms with E-state index in [-0.39, 0.29) is 5.79 Å².